The quantitative estimate of drug-likeness (QED) is 0.499. The van der Waals surface area contributed by atoms with E-state index >= 15 is 0 Å². The number of pyridine rings is 1. The van der Waals surface area contributed by atoms with Crippen molar-refractivity contribution in [2.45, 2.75) is 57.5 Å². The summed E-state index contributed by atoms with van der Waals surface area (Å²) >= 11 is 0. The predicted molar refractivity (Wildman–Crippen MR) is 147 cm³/mol. The number of allylic oxidation sites excluding steroid dienone is 1. The first-order valence-electron chi connectivity index (χ1n) is 13.7. The topological polar surface area (TPSA) is 75.6 Å². The van der Waals surface area contributed by atoms with Gasteiger partial charge in [-0.05, 0) is 86.6 Å². The van der Waals surface area contributed by atoms with Crippen molar-refractivity contribution < 1.29 is 10.9 Å². The highest BCUT2D eigenvalue weighted by Crippen LogP contribution is 2.56. The zero-order chi connectivity index (χ0) is 25.0. The van der Waals surface area contributed by atoms with Crippen LogP contribution in [0.5, 0.6) is 5.75 Å². The Morgan fingerprint density at radius 3 is 3.05 bits per heavy atom. The van der Waals surface area contributed by atoms with Gasteiger partial charge in [-0.3, -0.25) is 9.89 Å². The molecular formula is C30H37N5O2. The molecule has 3 unspecified atom stereocenters. The normalized spacial score (nSPS) is 27.5. The van der Waals surface area contributed by atoms with Crippen molar-refractivity contribution in [2.75, 3.05) is 26.9 Å². The summed E-state index contributed by atoms with van der Waals surface area (Å²) in [5.74, 6) is 3.11. The van der Waals surface area contributed by atoms with Gasteiger partial charge in [0.25, 0.3) is 0 Å². The third kappa shape index (κ3) is 3.82. The maximum absolute atomic E-state index is 6.32. The standard InChI is InChI=1S/C30H35N5O2.H2/c1-19-33-27-15-22(16-32-29(27)34-19)21-4-6-28-23(14-21)17-35(11-12-37-28)30-9-7-24(30)8-10-31-26-13-20(18-36-2)3-5-25(26)30;/h4,6,10,14-16,20,24H,3,5,7-9,11-13,17-18H2,1-2H3,(H,32,33,34);1H. The number of imidazole rings is 1. The Hall–Kier alpha value is -3.03. The summed E-state index contributed by atoms with van der Waals surface area (Å²) in [6.07, 6.45) is 11.1. The van der Waals surface area contributed by atoms with E-state index in [-0.39, 0.29) is 6.97 Å². The van der Waals surface area contributed by atoms with E-state index in [1.54, 1.807) is 5.57 Å². The van der Waals surface area contributed by atoms with Crippen molar-refractivity contribution >= 4 is 17.4 Å². The molecule has 1 N–H and O–H groups in total. The number of nitrogens with zero attached hydrogens (tertiary/aromatic N) is 4. The van der Waals surface area contributed by atoms with Crippen molar-refractivity contribution in [3.05, 3.63) is 53.1 Å². The largest absolute Gasteiger partial charge is 0.492 e. The third-order valence-corrected chi connectivity index (χ3v) is 9.14. The second-order valence-electron chi connectivity index (χ2n) is 11.2. The van der Waals surface area contributed by atoms with E-state index in [9.17, 15) is 0 Å². The lowest BCUT2D eigenvalue weighted by Crippen LogP contribution is -2.61. The van der Waals surface area contributed by atoms with Crippen LogP contribution in [-0.4, -0.2) is 58.5 Å². The number of H-pyrrole nitrogens is 1. The average Bonchev–Trinajstić information content (AvgIpc) is 3.07. The molecule has 194 valence electrons. The summed E-state index contributed by atoms with van der Waals surface area (Å²) in [6, 6.07) is 8.76. The number of aromatic amines is 1. The van der Waals surface area contributed by atoms with Crippen molar-refractivity contribution in [1.29, 1.82) is 0 Å². The molecule has 4 aliphatic rings. The highest BCUT2D eigenvalue weighted by molar-refractivity contribution is 5.78. The van der Waals surface area contributed by atoms with Gasteiger partial charge in [0.2, 0.25) is 0 Å². The molecule has 1 saturated carbocycles. The second kappa shape index (κ2) is 9.07. The van der Waals surface area contributed by atoms with E-state index in [0.29, 0.717) is 11.8 Å². The average molecular weight is 500 g/mol. The zero-order valence-corrected chi connectivity index (χ0v) is 21.8. The van der Waals surface area contributed by atoms with Crippen LogP contribution >= 0.6 is 0 Å². The van der Waals surface area contributed by atoms with Gasteiger partial charge in [0, 0.05) is 63.0 Å². The van der Waals surface area contributed by atoms with Crippen LogP contribution in [0.15, 0.2) is 46.7 Å². The number of hydrogen-bond donors (Lipinski definition) is 1. The lowest BCUT2D eigenvalue weighted by molar-refractivity contribution is -0.0242. The molecule has 0 spiro atoms. The summed E-state index contributed by atoms with van der Waals surface area (Å²) in [5, 5.41) is 0. The molecule has 3 atom stereocenters. The Morgan fingerprint density at radius 2 is 2.19 bits per heavy atom. The highest BCUT2D eigenvalue weighted by atomic mass is 16.5. The van der Waals surface area contributed by atoms with Gasteiger partial charge in [0.1, 0.15) is 18.2 Å². The lowest BCUT2D eigenvalue weighted by Gasteiger charge is -2.58. The van der Waals surface area contributed by atoms with Gasteiger partial charge in [-0.25, -0.2) is 9.97 Å². The monoisotopic (exact) mass is 499 g/mol. The Balaban J connectivity index is 0.00000264. The smallest absolute Gasteiger partial charge is 0.177 e. The summed E-state index contributed by atoms with van der Waals surface area (Å²) in [5.41, 5.74) is 8.31. The number of aromatic nitrogens is 3. The molecule has 1 fully saturated rings. The van der Waals surface area contributed by atoms with E-state index < -0.39 is 0 Å². The van der Waals surface area contributed by atoms with E-state index in [4.69, 9.17) is 14.5 Å². The first-order chi connectivity index (χ1) is 18.1. The minimum Gasteiger partial charge on any atom is -0.492 e. The molecule has 2 aromatic heterocycles. The van der Waals surface area contributed by atoms with Crippen LogP contribution in [-0.2, 0) is 11.3 Å². The predicted octanol–water partition coefficient (Wildman–Crippen LogP) is 5.70. The molecule has 3 aromatic rings. The van der Waals surface area contributed by atoms with Crippen molar-refractivity contribution in [2.24, 2.45) is 16.8 Å². The Kier molecular flexibility index (Phi) is 5.66. The minimum atomic E-state index is 0. The number of hydrogen-bond acceptors (Lipinski definition) is 6. The molecule has 1 aromatic carbocycles. The van der Waals surface area contributed by atoms with Crippen LogP contribution in [0.3, 0.4) is 0 Å². The van der Waals surface area contributed by atoms with Gasteiger partial charge in [0.05, 0.1) is 5.52 Å². The van der Waals surface area contributed by atoms with Crippen LogP contribution < -0.4 is 4.74 Å². The van der Waals surface area contributed by atoms with E-state index in [1.165, 1.54) is 30.5 Å². The van der Waals surface area contributed by atoms with Crippen LogP contribution in [0.1, 0.15) is 51.3 Å². The lowest BCUT2D eigenvalue weighted by atomic mass is 9.58. The van der Waals surface area contributed by atoms with Crippen molar-refractivity contribution in [1.82, 2.24) is 19.9 Å². The first kappa shape index (κ1) is 23.1. The van der Waals surface area contributed by atoms with Gasteiger partial charge >= 0.3 is 0 Å². The van der Waals surface area contributed by atoms with Gasteiger partial charge in [-0.2, -0.15) is 0 Å². The molecule has 0 amide bonds. The first-order valence-corrected chi connectivity index (χ1v) is 13.7. The number of nitrogens with one attached hydrogen (secondary N) is 1. The van der Waals surface area contributed by atoms with Gasteiger partial charge in [0.15, 0.2) is 5.65 Å². The summed E-state index contributed by atoms with van der Waals surface area (Å²) in [4.78, 5) is 20.1. The van der Waals surface area contributed by atoms with Crippen LogP contribution in [0.2, 0.25) is 0 Å². The number of methoxy groups -OCH3 is 1. The highest BCUT2D eigenvalue weighted by Gasteiger charge is 2.55. The fourth-order valence-electron chi connectivity index (χ4n) is 7.29. The number of aryl methyl sites for hydroxylation is 1. The van der Waals surface area contributed by atoms with Gasteiger partial charge in [-0.15, -0.1) is 0 Å². The number of rotatable bonds is 4. The molecule has 4 heterocycles. The fraction of sp³-hybridized carbons (Fsp3) is 0.500. The molecule has 0 radical (unpaired) electrons. The molecule has 7 rings (SSSR count). The van der Waals surface area contributed by atoms with Crippen LogP contribution in [0.25, 0.3) is 22.3 Å². The minimum absolute atomic E-state index is 0. The molecule has 2 aliphatic heterocycles. The molecule has 0 saturated heterocycles. The molecule has 2 aliphatic carbocycles. The van der Waals surface area contributed by atoms with E-state index in [2.05, 4.69) is 50.3 Å². The van der Waals surface area contributed by atoms with E-state index in [1.807, 2.05) is 20.2 Å². The van der Waals surface area contributed by atoms with Crippen LogP contribution in [0, 0.1) is 18.8 Å². The SMILES string of the molecule is COCC1CCC2=C(C1)N=CCC1CCC21N1CCOc2ccc(-c3cnc4nc(C)[nH]c4c3)cc2C1.[HH]. The van der Waals surface area contributed by atoms with Crippen LogP contribution in [0.4, 0.5) is 0 Å². The number of fused-ring (bicyclic) bond motifs is 4. The van der Waals surface area contributed by atoms with Gasteiger partial charge < -0.3 is 14.5 Å². The second-order valence-corrected chi connectivity index (χ2v) is 11.2. The number of benzene rings is 1. The Bertz CT molecular complexity index is 1410. The molecule has 7 nitrogen and oxygen atoms in total. The van der Waals surface area contributed by atoms with Crippen molar-refractivity contribution in [3.8, 4) is 16.9 Å². The molecule has 0 bridgehead atoms. The maximum Gasteiger partial charge on any atom is 0.177 e. The van der Waals surface area contributed by atoms with Gasteiger partial charge in [-0.1, -0.05) is 6.07 Å². The summed E-state index contributed by atoms with van der Waals surface area (Å²) < 4.78 is 11.8. The fourth-order valence-corrected chi connectivity index (χ4v) is 7.29. The Morgan fingerprint density at radius 1 is 1.24 bits per heavy atom. The Labute approximate surface area is 219 Å². The van der Waals surface area contributed by atoms with E-state index in [0.717, 1.165) is 79.4 Å². The summed E-state index contributed by atoms with van der Waals surface area (Å²) in [7, 11) is 1.82. The maximum atomic E-state index is 6.32. The zero-order valence-electron chi connectivity index (χ0n) is 21.8. The van der Waals surface area contributed by atoms with Crippen molar-refractivity contribution in [3.63, 3.8) is 0 Å². The molecular weight excluding hydrogens is 462 g/mol. The number of aliphatic imine (C=N–C) groups is 1. The molecule has 37 heavy (non-hydrogen) atoms. The molecule has 7 heteroatoms. The summed E-state index contributed by atoms with van der Waals surface area (Å²) in [6.45, 7) is 5.36. The third-order valence-electron chi connectivity index (χ3n) is 9.14. The number of ether oxygens (including phenoxy) is 2.